The fourth-order valence-corrected chi connectivity index (χ4v) is 3.18. The molecular formula is C13H26N2O2. The number of rotatable bonds is 6. The number of methoxy groups -OCH3 is 1. The van der Waals surface area contributed by atoms with Crippen LogP contribution in [-0.4, -0.2) is 57.0 Å². The molecule has 0 spiro atoms. The van der Waals surface area contributed by atoms with E-state index in [0.717, 1.165) is 38.6 Å². The molecule has 0 aromatic rings. The van der Waals surface area contributed by atoms with Crippen molar-refractivity contribution < 1.29 is 9.47 Å². The summed E-state index contributed by atoms with van der Waals surface area (Å²) in [6.45, 7) is 3.21. The van der Waals surface area contributed by atoms with Gasteiger partial charge in [-0.25, -0.2) is 0 Å². The van der Waals surface area contributed by atoms with Crippen LogP contribution in [0.25, 0.3) is 0 Å². The molecule has 0 bridgehead atoms. The van der Waals surface area contributed by atoms with Gasteiger partial charge in [-0.3, -0.25) is 4.90 Å². The van der Waals surface area contributed by atoms with E-state index in [0.29, 0.717) is 12.6 Å². The Bertz CT molecular complexity index is 240. The first-order valence-electron chi connectivity index (χ1n) is 6.74. The summed E-state index contributed by atoms with van der Waals surface area (Å²) < 4.78 is 10.9. The van der Waals surface area contributed by atoms with Crippen LogP contribution in [0.3, 0.4) is 0 Å². The predicted molar refractivity (Wildman–Crippen MR) is 68.0 cm³/mol. The van der Waals surface area contributed by atoms with Gasteiger partial charge < -0.3 is 15.2 Å². The lowest BCUT2D eigenvalue weighted by molar-refractivity contribution is -0.0428. The predicted octanol–water partition coefficient (Wildman–Crippen LogP) is 0.851. The number of nitrogens with two attached hydrogens (primary N) is 1. The first kappa shape index (κ1) is 13.3. The largest absolute Gasteiger partial charge is 0.383 e. The van der Waals surface area contributed by atoms with Gasteiger partial charge in [-0.1, -0.05) is 0 Å². The second-order valence-corrected chi connectivity index (χ2v) is 5.47. The van der Waals surface area contributed by atoms with Crippen LogP contribution in [0.5, 0.6) is 0 Å². The molecule has 1 unspecified atom stereocenters. The molecule has 2 fully saturated rings. The van der Waals surface area contributed by atoms with E-state index in [1.807, 2.05) is 0 Å². The summed E-state index contributed by atoms with van der Waals surface area (Å²) in [4.78, 5) is 2.50. The Morgan fingerprint density at radius 3 is 2.41 bits per heavy atom. The molecule has 1 heterocycles. The van der Waals surface area contributed by atoms with Crippen LogP contribution in [0.1, 0.15) is 25.7 Å². The average molecular weight is 242 g/mol. The number of nitrogens with zero attached hydrogens (tertiary/aromatic N) is 1. The Morgan fingerprint density at radius 2 is 1.94 bits per heavy atom. The molecule has 1 aliphatic carbocycles. The third kappa shape index (κ3) is 2.65. The molecule has 17 heavy (non-hydrogen) atoms. The van der Waals surface area contributed by atoms with E-state index in [2.05, 4.69) is 11.9 Å². The van der Waals surface area contributed by atoms with Gasteiger partial charge in [0.05, 0.1) is 12.1 Å². The van der Waals surface area contributed by atoms with Gasteiger partial charge in [0.25, 0.3) is 0 Å². The van der Waals surface area contributed by atoms with Crippen molar-refractivity contribution in [3.8, 4) is 0 Å². The summed E-state index contributed by atoms with van der Waals surface area (Å²) >= 11 is 0. The van der Waals surface area contributed by atoms with Gasteiger partial charge in [0.1, 0.15) is 0 Å². The van der Waals surface area contributed by atoms with Gasteiger partial charge in [-0.2, -0.15) is 0 Å². The summed E-state index contributed by atoms with van der Waals surface area (Å²) in [6, 6.07) is 0.600. The summed E-state index contributed by atoms with van der Waals surface area (Å²) in [7, 11) is 4.00. The Hall–Kier alpha value is -0.160. The molecular weight excluding hydrogens is 216 g/mol. The molecule has 1 saturated heterocycles. The van der Waals surface area contributed by atoms with E-state index in [9.17, 15) is 0 Å². The van der Waals surface area contributed by atoms with Crippen LogP contribution < -0.4 is 5.73 Å². The van der Waals surface area contributed by atoms with Gasteiger partial charge in [0.15, 0.2) is 0 Å². The molecule has 0 radical (unpaired) electrons. The fraction of sp³-hybridized carbons (Fsp3) is 1.00. The molecule has 0 aromatic heterocycles. The van der Waals surface area contributed by atoms with Crippen molar-refractivity contribution in [1.82, 2.24) is 4.90 Å². The maximum atomic E-state index is 6.09. The van der Waals surface area contributed by atoms with Crippen molar-refractivity contribution in [1.29, 1.82) is 0 Å². The lowest BCUT2D eigenvalue weighted by atomic mass is 9.89. The Kier molecular flexibility index (Phi) is 4.42. The van der Waals surface area contributed by atoms with Crippen LogP contribution in [-0.2, 0) is 9.47 Å². The minimum absolute atomic E-state index is 0.0523. The first-order valence-corrected chi connectivity index (χ1v) is 6.74. The van der Waals surface area contributed by atoms with Gasteiger partial charge in [0, 0.05) is 32.9 Å². The number of hydrogen-bond donors (Lipinski definition) is 1. The summed E-state index contributed by atoms with van der Waals surface area (Å²) in [5, 5.41) is 0. The molecule has 0 aromatic carbocycles. The lowest BCUT2D eigenvalue weighted by Crippen LogP contribution is -2.61. The number of ether oxygens (including phenoxy) is 2. The van der Waals surface area contributed by atoms with Gasteiger partial charge in [0.2, 0.25) is 0 Å². The van der Waals surface area contributed by atoms with Crippen LogP contribution in [0.15, 0.2) is 0 Å². The second kappa shape index (κ2) is 5.65. The monoisotopic (exact) mass is 242 g/mol. The van der Waals surface area contributed by atoms with Crippen molar-refractivity contribution in [2.75, 3.05) is 40.5 Å². The highest BCUT2D eigenvalue weighted by Gasteiger charge is 2.49. The Balaban J connectivity index is 2.07. The maximum Gasteiger partial charge on any atom is 0.0661 e. The molecule has 100 valence electrons. The smallest absolute Gasteiger partial charge is 0.0661 e. The molecule has 1 aliphatic heterocycles. The van der Waals surface area contributed by atoms with E-state index < -0.39 is 0 Å². The minimum Gasteiger partial charge on any atom is -0.383 e. The summed E-state index contributed by atoms with van der Waals surface area (Å²) in [5.74, 6) is 0.722. The van der Waals surface area contributed by atoms with E-state index in [1.54, 1.807) is 7.11 Å². The van der Waals surface area contributed by atoms with E-state index in [1.165, 1.54) is 12.8 Å². The lowest BCUT2D eigenvalue weighted by Gasteiger charge is -2.46. The van der Waals surface area contributed by atoms with Gasteiger partial charge >= 0.3 is 0 Å². The quantitative estimate of drug-likeness (QED) is 0.750. The highest BCUT2D eigenvalue weighted by atomic mass is 16.5. The maximum absolute atomic E-state index is 6.09. The van der Waals surface area contributed by atoms with Gasteiger partial charge in [-0.15, -0.1) is 0 Å². The number of likely N-dealkylation sites (N-methyl/N-ethyl adjacent to an activating group) is 1. The topological polar surface area (TPSA) is 47.7 Å². The minimum atomic E-state index is 0.0523. The van der Waals surface area contributed by atoms with Crippen LogP contribution in [0, 0.1) is 5.92 Å². The molecule has 4 nitrogen and oxygen atoms in total. The van der Waals surface area contributed by atoms with Crippen molar-refractivity contribution >= 4 is 0 Å². The van der Waals surface area contributed by atoms with Crippen LogP contribution in [0.2, 0.25) is 0 Å². The third-order valence-electron chi connectivity index (χ3n) is 4.53. The van der Waals surface area contributed by atoms with Crippen LogP contribution in [0.4, 0.5) is 0 Å². The molecule has 0 amide bonds. The van der Waals surface area contributed by atoms with E-state index in [4.69, 9.17) is 15.2 Å². The molecule has 1 atom stereocenters. The van der Waals surface area contributed by atoms with E-state index >= 15 is 0 Å². The standard InChI is InChI=1S/C13H26N2O2/c1-15(12-5-7-17-8-6-12)13(9-14,10-16-2)11-3-4-11/h11-12H,3-10,14H2,1-2H3. The zero-order valence-electron chi connectivity index (χ0n) is 11.2. The zero-order chi connectivity index (χ0) is 12.3. The fourth-order valence-electron chi connectivity index (χ4n) is 3.18. The Morgan fingerprint density at radius 1 is 1.29 bits per heavy atom. The van der Waals surface area contributed by atoms with E-state index in [-0.39, 0.29) is 5.54 Å². The Labute approximate surface area is 104 Å². The summed E-state index contributed by atoms with van der Waals surface area (Å²) in [5.41, 5.74) is 6.14. The molecule has 2 N–H and O–H groups in total. The molecule has 2 rings (SSSR count). The normalized spacial score (nSPS) is 26.1. The SMILES string of the molecule is COCC(CN)(C1CC1)N(C)C1CCOCC1. The summed E-state index contributed by atoms with van der Waals surface area (Å²) in [6.07, 6.45) is 4.84. The average Bonchev–Trinajstić information content (AvgIpc) is 3.21. The first-order chi connectivity index (χ1) is 8.24. The molecule has 4 heteroatoms. The van der Waals surface area contributed by atoms with Crippen molar-refractivity contribution in [2.45, 2.75) is 37.3 Å². The van der Waals surface area contributed by atoms with Gasteiger partial charge in [-0.05, 0) is 38.6 Å². The third-order valence-corrected chi connectivity index (χ3v) is 4.53. The highest BCUT2D eigenvalue weighted by molar-refractivity contribution is 5.04. The van der Waals surface area contributed by atoms with Crippen molar-refractivity contribution in [3.05, 3.63) is 0 Å². The zero-order valence-corrected chi connectivity index (χ0v) is 11.2. The number of hydrogen-bond acceptors (Lipinski definition) is 4. The molecule has 2 aliphatic rings. The highest BCUT2D eigenvalue weighted by Crippen LogP contribution is 2.43. The van der Waals surface area contributed by atoms with Crippen molar-refractivity contribution in [3.63, 3.8) is 0 Å². The second-order valence-electron chi connectivity index (χ2n) is 5.47. The van der Waals surface area contributed by atoms with Crippen LogP contribution >= 0.6 is 0 Å². The molecule has 1 saturated carbocycles. The van der Waals surface area contributed by atoms with Crippen molar-refractivity contribution in [2.24, 2.45) is 11.7 Å².